The molecule has 120 valence electrons. The van der Waals surface area contributed by atoms with Gasteiger partial charge in [0.2, 0.25) is 0 Å². The fourth-order valence-electron chi connectivity index (χ4n) is 2.10. The highest BCUT2D eigenvalue weighted by Crippen LogP contribution is 2.17. The number of nitrogens with zero attached hydrogens (tertiary/aromatic N) is 2. The first-order valence-corrected chi connectivity index (χ1v) is 7.56. The SMILES string of the molecule is C=CC(=O)Oc1ccc(C#Cc2ccc(-c3cncnc3)cc2)cc1. The Morgan fingerprint density at radius 2 is 1.44 bits per heavy atom. The van der Waals surface area contributed by atoms with Crippen LogP contribution in [0.2, 0.25) is 0 Å². The lowest BCUT2D eigenvalue weighted by atomic mass is 10.1. The molecule has 0 spiro atoms. The van der Waals surface area contributed by atoms with Crippen LogP contribution in [0.3, 0.4) is 0 Å². The minimum Gasteiger partial charge on any atom is -0.423 e. The number of ether oxygens (including phenoxy) is 1. The summed E-state index contributed by atoms with van der Waals surface area (Å²) in [5.41, 5.74) is 3.74. The van der Waals surface area contributed by atoms with Gasteiger partial charge in [0.25, 0.3) is 0 Å². The van der Waals surface area contributed by atoms with Crippen LogP contribution in [0.15, 0.2) is 79.9 Å². The predicted molar refractivity (Wildman–Crippen MR) is 95.7 cm³/mol. The van der Waals surface area contributed by atoms with E-state index in [1.54, 1.807) is 36.7 Å². The van der Waals surface area contributed by atoms with Crippen LogP contribution in [-0.2, 0) is 4.79 Å². The van der Waals surface area contributed by atoms with Crippen molar-refractivity contribution in [2.24, 2.45) is 0 Å². The largest absolute Gasteiger partial charge is 0.423 e. The lowest BCUT2D eigenvalue weighted by molar-refractivity contribution is -0.128. The van der Waals surface area contributed by atoms with Gasteiger partial charge in [-0.05, 0) is 42.0 Å². The van der Waals surface area contributed by atoms with Gasteiger partial charge in [0.15, 0.2) is 0 Å². The molecule has 3 aromatic rings. The highest BCUT2D eigenvalue weighted by Gasteiger charge is 1.99. The molecule has 1 heterocycles. The molecule has 0 aliphatic carbocycles. The summed E-state index contributed by atoms with van der Waals surface area (Å²) in [6.45, 7) is 3.36. The number of rotatable bonds is 3. The summed E-state index contributed by atoms with van der Waals surface area (Å²) in [6, 6.07) is 14.9. The Morgan fingerprint density at radius 1 is 0.880 bits per heavy atom. The molecule has 0 saturated carbocycles. The lowest BCUT2D eigenvalue weighted by Crippen LogP contribution is -2.02. The van der Waals surface area contributed by atoms with E-state index in [-0.39, 0.29) is 0 Å². The van der Waals surface area contributed by atoms with Gasteiger partial charge in [0, 0.05) is 35.2 Å². The highest BCUT2D eigenvalue weighted by atomic mass is 16.5. The molecule has 0 atom stereocenters. The van der Waals surface area contributed by atoms with Crippen molar-refractivity contribution < 1.29 is 9.53 Å². The molecule has 0 aliphatic heterocycles. The third kappa shape index (κ3) is 4.40. The molecule has 4 nitrogen and oxygen atoms in total. The second-order valence-corrected chi connectivity index (χ2v) is 5.10. The van der Waals surface area contributed by atoms with Crippen molar-refractivity contribution in [1.82, 2.24) is 9.97 Å². The summed E-state index contributed by atoms with van der Waals surface area (Å²) >= 11 is 0. The van der Waals surface area contributed by atoms with Gasteiger partial charge in [-0.25, -0.2) is 14.8 Å². The molecule has 3 rings (SSSR count). The summed E-state index contributed by atoms with van der Waals surface area (Å²) in [5, 5.41) is 0. The minimum atomic E-state index is -0.484. The molecule has 25 heavy (non-hydrogen) atoms. The fourth-order valence-corrected chi connectivity index (χ4v) is 2.10. The van der Waals surface area contributed by atoms with Crippen molar-refractivity contribution in [3.8, 4) is 28.7 Å². The average molecular weight is 326 g/mol. The smallest absolute Gasteiger partial charge is 0.335 e. The van der Waals surface area contributed by atoms with E-state index in [0.29, 0.717) is 5.75 Å². The van der Waals surface area contributed by atoms with Crippen molar-refractivity contribution in [3.63, 3.8) is 0 Å². The van der Waals surface area contributed by atoms with E-state index in [1.807, 2.05) is 24.3 Å². The van der Waals surface area contributed by atoms with Crippen molar-refractivity contribution in [2.75, 3.05) is 0 Å². The molecule has 0 fully saturated rings. The monoisotopic (exact) mass is 326 g/mol. The van der Waals surface area contributed by atoms with E-state index in [9.17, 15) is 4.79 Å². The van der Waals surface area contributed by atoms with Crippen LogP contribution in [-0.4, -0.2) is 15.9 Å². The zero-order valence-electron chi connectivity index (χ0n) is 13.3. The van der Waals surface area contributed by atoms with Crippen molar-refractivity contribution >= 4 is 5.97 Å². The van der Waals surface area contributed by atoms with Crippen molar-refractivity contribution in [2.45, 2.75) is 0 Å². The molecular weight excluding hydrogens is 312 g/mol. The van der Waals surface area contributed by atoms with Gasteiger partial charge in [0.05, 0.1) is 0 Å². The maximum absolute atomic E-state index is 11.1. The van der Waals surface area contributed by atoms with Crippen LogP contribution in [0.25, 0.3) is 11.1 Å². The second kappa shape index (κ2) is 7.71. The Kier molecular flexibility index (Phi) is 4.98. The number of hydrogen-bond acceptors (Lipinski definition) is 4. The number of benzene rings is 2. The van der Waals surface area contributed by atoms with Gasteiger partial charge in [-0.2, -0.15) is 0 Å². The first-order chi connectivity index (χ1) is 12.2. The Hall–Kier alpha value is -3.71. The number of carbonyl (C=O) groups excluding carboxylic acids is 1. The molecule has 0 amide bonds. The molecule has 0 bridgehead atoms. The van der Waals surface area contributed by atoms with Gasteiger partial charge in [-0.15, -0.1) is 0 Å². The maximum Gasteiger partial charge on any atom is 0.335 e. The van der Waals surface area contributed by atoms with Crippen molar-refractivity contribution in [1.29, 1.82) is 0 Å². The molecule has 0 N–H and O–H groups in total. The molecule has 0 saturated heterocycles. The second-order valence-electron chi connectivity index (χ2n) is 5.10. The Balaban J connectivity index is 1.71. The summed E-state index contributed by atoms with van der Waals surface area (Å²) in [7, 11) is 0. The first kappa shape index (κ1) is 16.2. The van der Waals surface area contributed by atoms with Gasteiger partial charge in [-0.3, -0.25) is 0 Å². The molecule has 1 aromatic heterocycles. The molecule has 0 aliphatic rings. The normalized spacial score (nSPS) is 9.60. The zero-order chi connectivity index (χ0) is 17.5. The summed E-state index contributed by atoms with van der Waals surface area (Å²) in [5.74, 6) is 6.16. The number of esters is 1. The van der Waals surface area contributed by atoms with Crippen LogP contribution >= 0.6 is 0 Å². The third-order valence-corrected chi connectivity index (χ3v) is 3.37. The van der Waals surface area contributed by atoms with Crippen LogP contribution in [0.1, 0.15) is 11.1 Å². The van der Waals surface area contributed by atoms with E-state index in [2.05, 4.69) is 28.4 Å². The van der Waals surface area contributed by atoms with Crippen LogP contribution < -0.4 is 4.74 Å². The summed E-state index contributed by atoms with van der Waals surface area (Å²) in [4.78, 5) is 19.2. The van der Waals surface area contributed by atoms with Crippen molar-refractivity contribution in [3.05, 3.63) is 91.0 Å². The number of aromatic nitrogens is 2. The summed E-state index contributed by atoms with van der Waals surface area (Å²) in [6.07, 6.45) is 6.18. The summed E-state index contributed by atoms with van der Waals surface area (Å²) < 4.78 is 5.02. The van der Waals surface area contributed by atoms with E-state index in [1.165, 1.54) is 6.33 Å². The van der Waals surface area contributed by atoms with Gasteiger partial charge >= 0.3 is 5.97 Å². The Labute approximate surface area is 145 Å². The van der Waals surface area contributed by atoms with Gasteiger partial charge < -0.3 is 4.74 Å². The topological polar surface area (TPSA) is 52.1 Å². The predicted octanol–water partition coefficient (Wildman–Crippen LogP) is 3.63. The van der Waals surface area contributed by atoms with Gasteiger partial charge in [-0.1, -0.05) is 30.6 Å². The molecule has 0 unspecified atom stereocenters. The van der Waals surface area contributed by atoms with E-state index < -0.39 is 5.97 Å². The van der Waals surface area contributed by atoms with Crippen LogP contribution in [0.4, 0.5) is 0 Å². The highest BCUT2D eigenvalue weighted by molar-refractivity contribution is 5.83. The lowest BCUT2D eigenvalue weighted by Gasteiger charge is -2.00. The van der Waals surface area contributed by atoms with Gasteiger partial charge in [0.1, 0.15) is 12.1 Å². The standard InChI is InChI=1S/C21H14N2O2/c1-2-21(24)25-20-11-7-17(8-12-20)4-3-16-5-9-18(10-6-16)19-13-22-15-23-14-19/h2,5-15H,1H2. The zero-order valence-corrected chi connectivity index (χ0v) is 13.3. The quantitative estimate of drug-likeness (QED) is 0.319. The number of carbonyl (C=O) groups is 1. The maximum atomic E-state index is 11.1. The van der Waals surface area contributed by atoms with E-state index in [4.69, 9.17) is 4.74 Å². The number of hydrogen-bond donors (Lipinski definition) is 0. The molecule has 0 radical (unpaired) electrons. The molecule has 4 heteroatoms. The molecule has 2 aromatic carbocycles. The van der Waals surface area contributed by atoms with Crippen LogP contribution in [0, 0.1) is 11.8 Å². The average Bonchev–Trinajstić information content (AvgIpc) is 2.68. The molecular formula is C21H14N2O2. The van der Waals surface area contributed by atoms with E-state index in [0.717, 1.165) is 28.3 Å². The minimum absolute atomic E-state index is 0.463. The van der Waals surface area contributed by atoms with Crippen LogP contribution in [0.5, 0.6) is 5.75 Å². The third-order valence-electron chi connectivity index (χ3n) is 3.37. The Morgan fingerprint density at radius 3 is 2.00 bits per heavy atom. The van der Waals surface area contributed by atoms with E-state index >= 15 is 0 Å². The fraction of sp³-hybridized carbons (Fsp3) is 0. The Bertz CT molecular complexity index is 935. The first-order valence-electron chi connectivity index (χ1n) is 7.56.